The molecule has 148 valence electrons. The summed E-state index contributed by atoms with van der Waals surface area (Å²) in [7, 11) is 0. The van der Waals surface area contributed by atoms with Crippen LogP contribution >= 0.6 is 0 Å². The summed E-state index contributed by atoms with van der Waals surface area (Å²) >= 11 is 0. The molecule has 1 aliphatic carbocycles. The predicted molar refractivity (Wildman–Crippen MR) is 83.0 cm³/mol. The Balaban J connectivity index is 1.60. The van der Waals surface area contributed by atoms with Crippen LogP contribution in [0.4, 0.5) is 26.3 Å². The minimum Gasteiger partial charge on any atom is -0.419 e. The van der Waals surface area contributed by atoms with E-state index in [0.29, 0.717) is 5.69 Å². The molecule has 0 spiro atoms. The molecule has 5 nitrogen and oxygen atoms in total. The molecule has 3 aromatic rings. The Bertz CT molecular complexity index is 1000. The van der Waals surface area contributed by atoms with Gasteiger partial charge in [-0.25, -0.2) is 0 Å². The molecule has 0 atom stereocenters. The Morgan fingerprint density at radius 1 is 1.00 bits per heavy atom. The van der Waals surface area contributed by atoms with Gasteiger partial charge >= 0.3 is 12.4 Å². The SMILES string of the molecule is FC(F)(F)c1cccc(-c2nnc(Cn3nc(C(F)(F)F)cc3C3CC3)o2)c1. The first-order valence-electron chi connectivity index (χ1n) is 8.26. The maximum Gasteiger partial charge on any atom is 0.435 e. The standard InChI is InChI=1S/C17H12F6N4O/c18-16(19,20)11-3-1-2-10(6-11)15-25-24-14(28-15)8-27-12(9-4-5-9)7-13(26-27)17(21,22)23/h1-3,6-7,9H,4-5,8H2. The lowest BCUT2D eigenvalue weighted by molar-refractivity contribution is -0.141. The number of benzene rings is 1. The van der Waals surface area contributed by atoms with Gasteiger partial charge in [0.1, 0.15) is 6.54 Å². The molecular weight excluding hydrogens is 390 g/mol. The van der Waals surface area contributed by atoms with Gasteiger partial charge in [0.25, 0.3) is 0 Å². The summed E-state index contributed by atoms with van der Waals surface area (Å²) in [5.41, 5.74) is -1.40. The van der Waals surface area contributed by atoms with Crippen LogP contribution in [0.1, 0.15) is 41.6 Å². The number of hydrogen-bond acceptors (Lipinski definition) is 4. The smallest absolute Gasteiger partial charge is 0.419 e. The minimum atomic E-state index is -4.58. The monoisotopic (exact) mass is 402 g/mol. The third kappa shape index (κ3) is 3.73. The number of aromatic nitrogens is 4. The molecule has 4 rings (SSSR count). The van der Waals surface area contributed by atoms with Crippen LogP contribution in [-0.4, -0.2) is 20.0 Å². The van der Waals surface area contributed by atoms with Gasteiger partial charge in [-0.15, -0.1) is 10.2 Å². The molecule has 1 aromatic carbocycles. The molecule has 1 saturated carbocycles. The lowest BCUT2D eigenvalue weighted by Gasteiger charge is -2.06. The second kappa shape index (κ2) is 6.35. The topological polar surface area (TPSA) is 56.7 Å². The van der Waals surface area contributed by atoms with E-state index in [1.54, 1.807) is 0 Å². The van der Waals surface area contributed by atoms with E-state index in [0.717, 1.165) is 35.7 Å². The number of nitrogens with zero attached hydrogens (tertiary/aromatic N) is 4. The molecule has 0 bridgehead atoms. The van der Waals surface area contributed by atoms with Crippen molar-refractivity contribution in [3.05, 3.63) is 53.2 Å². The predicted octanol–water partition coefficient (Wildman–Crippen LogP) is 4.90. The van der Waals surface area contributed by atoms with Gasteiger partial charge in [0.2, 0.25) is 11.8 Å². The van der Waals surface area contributed by atoms with Crippen molar-refractivity contribution in [2.24, 2.45) is 0 Å². The highest BCUT2D eigenvalue weighted by Gasteiger charge is 2.38. The van der Waals surface area contributed by atoms with Crippen molar-refractivity contribution in [2.75, 3.05) is 0 Å². The van der Waals surface area contributed by atoms with Gasteiger partial charge in [0, 0.05) is 17.2 Å². The molecule has 2 aromatic heterocycles. The summed E-state index contributed by atoms with van der Waals surface area (Å²) in [4.78, 5) is 0. The summed E-state index contributed by atoms with van der Waals surface area (Å²) in [5, 5.41) is 11.0. The first-order chi connectivity index (χ1) is 13.1. The number of alkyl halides is 6. The van der Waals surface area contributed by atoms with E-state index >= 15 is 0 Å². The van der Waals surface area contributed by atoms with Gasteiger partial charge in [-0.1, -0.05) is 6.07 Å². The van der Waals surface area contributed by atoms with Crippen molar-refractivity contribution in [1.82, 2.24) is 20.0 Å². The summed E-state index contributed by atoms with van der Waals surface area (Å²) in [6.07, 6.45) is -7.57. The van der Waals surface area contributed by atoms with Crippen LogP contribution in [0.25, 0.3) is 11.5 Å². The Morgan fingerprint density at radius 2 is 1.75 bits per heavy atom. The molecule has 2 heterocycles. The third-order valence-electron chi connectivity index (χ3n) is 4.29. The summed E-state index contributed by atoms with van der Waals surface area (Å²) < 4.78 is 83.8. The zero-order valence-corrected chi connectivity index (χ0v) is 14.1. The maximum absolute atomic E-state index is 12.9. The number of hydrogen-bond donors (Lipinski definition) is 0. The highest BCUT2D eigenvalue weighted by atomic mass is 19.4. The van der Waals surface area contributed by atoms with E-state index < -0.39 is 23.6 Å². The van der Waals surface area contributed by atoms with Crippen LogP contribution in [-0.2, 0) is 18.9 Å². The zero-order valence-electron chi connectivity index (χ0n) is 14.1. The van der Waals surface area contributed by atoms with Crippen LogP contribution in [0.5, 0.6) is 0 Å². The molecule has 0 aliphatic heterocycles. The molecule has 0 N–H and O–H groups in total. The van der Waals surface area contributed by atoms with Gasteiger partial charge < -0.3 is 4.42 Å². The average Bonchev–Trinajstić information content (AvgIpc) is 3.19. The number of rotatable bonds is 4. The summed E-state index contributed by atoms with van der Waals surface area (Å²) in [6, 6.07) is 5.35. The van der Waals surface area contributed by atoms with E-state index in [4.69, 9.17) is 4.42 Å². The quantitative estimate of drug-likeness (QED) is 0.583. The van der Waals surface area contributed by atoms with Crippen LogP contribution in [0.15, 0.2) is 34.7 Å². The first-order valence-corrected chi connectivity index (χ1v) is 8.26. The van der Waals surface area contributed by atoms with Gasteiger partial charge in [-0.05, 0) is 37.1 Å². The Hall–Kier alpha value is -2.85. The second-order valence-electron chi connectivity index (χ2n) is 6.46. The highest BCUT2D eigenvalue weighted by molar-refractivity contribution is 5.54. The van der Waals surface area contributed by atoms with Crippen molar-refractivity contribution in [2.45, 2.75) is 37.7 Å². The van der Waals surface area contributed by atoms with Gasteiger partial charge in [-0.2, -0.15) is 31.4 Å². The fourth-order valence-corrected chi connectivity index (χ4v) is 2.79. The zero-order chi connectivity index (χ0) is 20.1. The van der Waals surface area contributed by atoms with Crippen LogP contribution in [0.3, 0.4) is 0 Å². The van der Waals surface area contributed by atoms with Gasteiger partial charge in [0.15, 0.2) is 5.69 Å². The highest BCUT2D eigenvalue weighted by Crippen LogP contribution is 2.42. The van der Waals surface area contributed by atoms with E-state index in [1.807, 2.05) is 0 Å². The molecule has 1 fully saturated rings. The fraction of sp³-hybridized carbons (Fsp3) is 0.353. The Labute approximate surface area is 154 Å². The molecular formula is C17H12F6N4O. The molecule has 11 heteroatoms. The van der Waals surface area contributed by atoms with Crippen LogP contribution in [0.2, 0.25) is 0 Å². The average molecular weight is 402 g/mol. The van der Waals surface area contributed by atoms with Crippen molar-refractivity contribution < 1.29 is 30.8 Å². The summed E-state index contributed by atoms with van der Waals surface area (Å²) in [5.74, 6) is -0.210. The van der Waals surface area contributed by atoms with E-state index in [1.165, 1.54) is 12.1 Å². The van der Waals surface area contributed by atoms with Crippen molar-refractivity contribution in [3.8, 4) is 11.5 Å². The molecule has 0 saturated heterocycles. The largest absolute Gasteiger partial charge is 0.435 e. The van der Waals surface area contributed by atoms with Crippen LogP contribution < -0.4 is 0 Å². The van der Waals surface area contributed by atoms with Crippen LogP contribution in [0, 0.1) is 0 Å². The second-order valence-corrected chi connectivity index (χ2v) is 6.46. The van der Waals surface area contributed by atoms with E-state index in [2.05, 4.69) is 15.3 Å². The molecule has 1 aliphatic rings. The van der Waals surface area contributed by atoms with Gasteiger partial charge in [-0.3, -0.25) is 4.68 Å². The lowest BCUT2D eigenvalue weighted by Crippen LogP contribution is -2.09. The molecule has 28 heavy (non-hydrogen) atoms. The Morgan fingerprint density at radius 3 is 2.39 bits per heavy atom. The van der Waals surface area contributed by atoms with Crippen molar-refractivity contribution in [1.29, 1.82) is 0 Å². The summed E-state index contributed by atoms with van der Waals surface area (Å²) in [6.45, 7) is -0.201. The van der Waals surface area contributed by atoms with Crippen molar-refractivity contribution >= 4 is 0 Å². The fourth-order valence-electron chi connectivity index (χ4n) is 2.79. The van der Waals surface area contributed by atoms with Gasteiger partial charge in [0.05, 0.1) is 5.56 Å². The molecule has 0 radical (unpaired) electrons. The van der Waals surface area contributed by atoms with E-state index in [-0.39, 0.29) is 29.8 Å². The molecule has 0 unspecified atom stereocenters. The normalized spacial score (nSPS) is 15.2. The maximum atomic E-state index is 12.9. The number of halogens is 6. The third-order valence-corrected chi connectivity index (χ3v) is 4.29. The lowest BCUT2D eigenvalue weighted by atomic mass is 10.1. The minimum absolute atomic E-state index is 0.00513. The van der Waals surface area contributed by atoms with E-state index in [9.17, 15) is 26.3 Å². The molecule has 0 amide bonds. The van der Waals surface area contributed by atoms with Crippen molar-refractivity contribution in [3.63, 3.8) is 0 Å². The Kier molecular flexibility index (Phi) is 4.20. The first kappa shape index (κ1) is 18.5.